The van der Waals surface area contributed by atoms with Gasteiger partial charge in [-0.1, -0.05) is 54.6 Å². The molecule has 0 aromatic heterocycles. The zero-order valence-electron chi connectivity index (χ0n) is 12.0. The van der Waals surface area contributed by atoms with Gasteiger partial charge in [-0.15, -0.1) is 0 Å². The maximum Gasteiger partial charge on any atom is 0.278 e. The Morgan fingerprint density at radius 2 is 1.50 bits per heavy atom. The summed E-state index contributed by atoms with van der Waals surface area (Å²) in [4.78, 5) is 0. The molecule has 0 aliphatic rings. The van der Waals surface area contributed by atoms with Gasteiger partial charge in [0.25, 0.3) is 6.08 Å². The van der Waals surface area contributed by atoms with Crippen LogP contribution in [0.2, 0.25) is 0 Å². The Morgan fingerprint density at radius 3 is 2.18 bits per heavy atom. The van der Waals surface area contributed by atoms with Gasteiger partial charge in [-0.05, 0) is 34.0 Å². The molecular formula is C19H14F2O. The minimum absolute atomic E-state index is 0.0422. The molecule has 0 saturated heterocycles. The minimum Gasteiger partial charge on any atom is -0.497 e. The van der Waals surface area contributed by atoms with E-state index in [0.29, 0.717) is 16.9 Å². The molecule has 3 aromatic carbocycles. The number of hydrogen-bond donors (Lipinski definition) is 0. The third kappa shape index (κ3) is 2.58. The van der Waals surface area contributed by atoms with Gasteiger partial charge in [0.15, 0.2) is 0 Å². The summed E-state index contributed by atoms with van der Waals surface area (Å²) < 4.78 is 32.3. The van der Waals surface area contributed by atoms with Crippen LogP contribution in [0, 0.1) is 0 Å². The molecule has 0 saturated carbocycles. The topological polar surface area (TPSA) is 9.23 Å². The van der Waals surface area contributed by atoms with Crippen LogP contribution in [-0.4, -0.2) is 7.11 Å². The fraction of sp³-hybridized carbons (Fsp3) is 0.0526. The van der Waals surface area contributed by atoms with E-state index in [1.54, 1.807) is 43.5 Å². The summed E-state index contributed by atoms with van der Waals surface area (Å²) >= 11 is 0. The second-order valence-electron chi connectivity index (χ2n) is 4.89. The molecule has 0 spiro atoms. The SMILES string of the molecule is COc1ccc(C(=C(F)F)c2cccc3ccccc23)cc1. The third-order valence-corrected chi connectivity index (χ3v) is 3.63. The lowest BCUT2D eigenvalue weighted by Gasteiger charge is -2.11. The highest BCUT2D eigenvalue weighted by atomic mass is 19.3. The number of fused-ring (bicyclic) bond motifs is 1. The molecule has 0 aliphatic carbocycles. The smallest absolute Gasteiger partial charge is 0.278 e. The predicted octanol–water partition coefficient (Wildman–Crippen LogP) is 5.50. The Balaban J connectivity index is 2.21. The highest BCUT2D eigenvalue weighted by molar-refractivity contribution is 5.97. The van der Waals surface area contributed by atoms with Crippen LogP contribution < -0.4 is 4.74 Å². The first-order valence-corrected chi connectivity index (χ1v) is 6.88. The number of hydrogen-bond acceptors (Lipinski definition) is 1. The Hall–Kier alpha value is -2.68. The molecule has 3 heteroatoms. The van der Waals surface area contributed by atoms with E-state index < -0.39 is 6.08 Å². The van der Waals surface area contributed by atoms with Gasteiger partial charge in [-0.3, -0.25) is 0 Å². The van der Waals surface area contributed by atoms with Crippen molar-refractivity contribution in [2.75, 3.05) is 7.11 Å². The van der Waals surface area contributed by atoms with E-state index >= 15 is 0 Å². The maximum absolute atomic E-state index is 13.6. The van der Waals surface area contributed by atoms with Crippen molar-refractivity contribution < 1.29 is 13.5 Å². The van der Waals surface area contributed by atoms with E-state index in [1.807, 2.05) is 30.3 Å². The molecule has 0 bridgehead atoms. The molecular weight excluding hydrogens is 282 g/mol. The number of ether oxygens (including phenoxy) is 1. The third-order valence-electron chi connectivity index (χ3n) is 3.63. The molecule has 0 radical (unpaired) electrons. The molecule has 0 amide bonds. The van der Waals surface area contributed by atoms with Crippen molar-refractivity contribution in [3.05, 3.63) is 83.9 Å². The molecule has 3 aromatic rings. The molecule has 22 heavy (non-hydrogen) atoms. The summed E-state index contributed by atoms with van der Waals surface area (Å²) in [5, 5.41) is 1.75. The number of rotatable bonds is 3. The fourth-order valence-electron chi connectivity index (χ4n) is 2.57. The first-order chi connectivity index (χ1) is 10.7. The van der Waals surface area contributed by atoms with E-state index in [4.69, 9.17) is 4.74 Å². The zero-order chi connectivity index (χ0) is 15.5. The number of halogens is 2. The van der Waals surface area contributed by atoms with Crippen molar-refractivity contribution in [3.8, 4) is 5.75 Å². The van der Waals surface area contributed by atoms with Crippen molar-refractivity contribution in [1.29, 1.82) is 0 Å². The summed E-state index contributed by atoms with van der Waals surface area (Å²) in [6.07, 6.45) is -1.69. The van der Waals surface area contributed by atoms with Gasteiger partial charge >= 0.3 is 0 Å². The first kappa shape index (κ1) is 14.3. The predicted molar refractivity (Wildman–Crippen MR) is 85.2 cm³/mol. The van der Waals surface area contributed by atoms with Crippen molar-refractivity contribution in [2.24, 2.45) is 0 Å². The van der Waals surface area contributed by atoms with E-state index in [9.17, 15) is 8.78 Å². The lowest BCUT2D eigenvalue weighted by molar-refractivity contribution is 0.414. The summed E-state index contributed by atoms with van der Waals surface area (Å²) in [6.45, 7) is 0. The largest absolute Gasteiger partial charge is 0.497 e. The Kier molecular flexibility index (Phi) is 3.88. The summed E-state index contributed by atoms with van der Waals surface area (Å²) in [5.41, 5.74) is 0.958. The van der Waals surface area contributed by atoms with Gasteiger partial charge in [0.1, 0.15) is 5.75 Å². The van der Waals surface area contributed by atoms with Gasteiger partial charge in [0.2, 0.25) is 0 Å². The molecule has 3 rings (SSSR count). The average molecular weight is 296 g/mol. The van der Waals surface area contributed by atoms with Crippen LogP contribution in [-0.2, 0) is 0 Å². The van der Waals surface area contributed by atoms with Gasteiger partial charge in [-0.25, -0.2) is 0 Å². The summed E-state index contributed by atoms with van der Waals surface area (Å²) in [6, 6.07) is 19.6. The minimum atomic E-state index is -1.69. The highest BCUT2D eigenvalue weighted by Gasteiger charge is 2.15. The number of benzene rings is 3. The quantitative estimate of drug-likeness (QED) is 0.619. The number of methoxy groups -OCH3 is 1. The standard InChI is InChI=1S/C19H14F2O/c1-22-15-11-9-14(10-12-15)18(19(20)21)17-8-4-6-13-5-2-3-7-16(13)17/h2-12H,1H3. The van der Waals surface area contributed by atoms with Crippen LogP contribution in [0.25, 0.3) is 16.3 Å². The Labute approximate surface area is 127 Å². The van der Waals surface area contributed by atoms with E-state index in [-0.39, 0.29) is 5.57 Å². The molecule has 0 unspecified atom stereocenters. The molecule has 0 aliphatic heterocycles. The zero-order valence-corrected chi connectivity index (χ0v) is 12.0. The van der Waals surface area contributed by atoms with Crippen LogP contribution >= 0.6 is 0 Å². The normalized spacial score (nSPS) is 10.5. The monoisotopic (exact) mass is 296 g/mol. The summed E-state index contributed by atoms with van der Waals surface area (Å²) in [7, 11) is 1.55. The van der Waals surface area contributed by atoms with Crippen molar-refractivity contribution in [1.82, 2.24) is 0 Å². The van der Waals surface area contributed by atoms with Crippen LogP contribution in [0.15, 0.2) is 72.8 Å². The molecule has 0 fully saturated rings. The fourth-order valence-corrected chi connectivity index (χ4v) is 2.57. The average Bonchev–Trinajstić information content (AvgIpc) is 2.56. The second kappa shape index (κ2) is 5.98. The highest BCUT2D eigenvalue weighted by Crippen LogP contribution is 2.34. The van der Waals surface area contributed by atoms with Crippen molar-refractivity contribution in [2.45, 2.75) is 0 Å². The van der Waals surface area contributed by atoms with E-state index in [1.165, 1.54) is 0 Å². The molecule has 1 nitrogen and oxygen atoms in total. The van der Waals surface area contributed by atoms with E-state index in [2.05, 4.69) is 0 Å². The van der Waals surface area contributed by atoms with Crippen LogP contribution in [0.1, 0.15) is 11.1 Å². The van der Waals surface area contributed by atoms with Crippen LogP contribution in [0.3, 0.4) is 0 Å². The van der Waals surface area contributed by atoms with Gasteiger partial charge in [0.05, 0.1) is 12.7 Å². The van der Waals surface area contributed by atoms with E-state index in [0.717, 1.165) is 10.8 Å². The molecule has 110 valence electrons. The second-order valence-corrected chi connectivity index (χ2v) is 4.89. The Bertz CT molecular complexity index is 826. The summed E-state index contributed by atoms with van der Waals surface area (Å²) in [5.74, 6) is 0.639. The molecule has 0 N–H and O–H groups in total. The Morgan fingerprint density at radius 1 is 0.818 bits per heavy atom. The molecule has 0 atom stereocenters. The molecule has 0 heterocycles. The maximum atomic E-state index is 13.6. The van der Waals surface area contributed by atoms with Crippen molar-refractivity contribution >= 4 is 16.3 Å². The van der Waals surface area contributed by atoms with Gasteiger partial charge in [-0.2, -0.15) is 8.78 Å². The van der Waals surface area contributed by atoms with Gasteiger partial charge in [0, 0.05) is 0 Å². The van der Waals surface area contributed by atoms with Crippen LogP contribution in [0.5, 0.6) is 5.75 Å². The first-order valence-electron chi connectivity index (χ1n) is 6.88. The lowest BCUT2D eigenvalue weighted by atomic mass is 9.94. The van der Waals surface area contributed by atoms with Gasteiger partial charge < -0.3 is 4.74 Å². The lowest BCUT2D eigenvalue weighted by Crippen LogP contribution is -1.92. The van der Waals surface area contributed by atoms with Crippen molar-refractivity contribution in [3.63, 3.8) is 0 Å². The van der Waals surface area contributed by atoms with Crippen LogP contribution in [0.4, 0.5) is 8.78 Å².